The fraction of sp³-hybridized carbons (Fsp3) is 0.500. The lowest BCUT2D eigenvalue weighted by Crippen LogP contribution is -2.39. The lowest BCUT2D eigenvalue weighted by atomic mass is 10.2. The van der Waals surface area contributed by atoms with E-state index in [0.717, 1.165) is 6.54 Å². The van der Waals surface area contributed by atoms with Crippen molar-refractivity contribution < 1.29 is 4.79 Å². The predicted octanol–water partition coefficient (Wildman–Crippen LogP) is 0.803. The number of carbonyl (C=O) groups excluding carboxylic acids is 1. The lowest BCUT2D eigenvalue weighted by Gasteiger charge is -2.18. The summed E-state index contributed by atoms with van der Waals surface area (Å²) in [4.78, 5) is 18.0. The Morgan fingerprint density at radius 3 is 2.82 bits per heavy atom. The fourth-order valence-electron chi connectivity index (χ4n) is 1.61. The molecule has 0 aliphatic carbocycles. The highest BCUT2D eigenvalue weighted by molar-refractivity contribution is 5.94. The Morgan fingerprint density at radius 2 is 2.24 bits per heavy atom. The van der Waals surface area contributed by atoms with Crippen molar-refractivity contribution in [1.82, 2.24) is 15.2 Å². The van der Waals surface area contributed by atoms with Crippen molar-refractivity contribution in [3.8, 4) is 0 Å². The molecule has 0 aromatic carbocycles. The van der Waals surface area contributed by atoms with Gasteiger partial charge in [0.1, 0.15) is 5.82 Å². The van der Waals surface area contributed by atoms with E-state index in [9.17, 15) is 4.79 Å². The van der Waals surface area contributed by atoms with Crippen molar-refractivity contribution in [3.05, 3.63) is 23.9 Å². The Balaban J connectivity index is 2.63. The second-order valence-corrected chi connectivity index (χ2v) is 4.32. The maximum atomic E-state index is 11.9. The number of rotatable bonds is 5. The van der Waals surface area contributed by atoms with E-state index in [1.165, 1.54) is 0 Å². The van der Waals surface area contributed by atoms with E-state index in [1.807, 2.05) is 25.9 Å². The molecule has 1 heterocycles. The topological polar surface area (TPSA) is 57.3 Å². The summed E-state index contributed by atoms with van der Waals surface area (Å²) in [5.74, 6) is 0.621. The van der Waals surface area contributed by atoms with Crippen LogP contribution in [0.3, 0.4) is 0 Å². The number of hydrogen-bond acceptors (Lipinski definition) is 4. The number of likely N-dealkylation sites (N-methyl/N-ethyl adjacent to an activating group) is 1. The van der Waals surface area contributed by atoms with Gasteiger partial charge < -0.3 is 15.5 Å². The van der Waals surface area contributed by atoms with Gasteiger partial charge in [-0.25, -0.2) is 4.98 Å². The van der Waals surface area contributed by atoms with E-state index in [4.69, 9.17) is 0 Å². The fourth-order valence-corrected chi connectivity index (χ4v) is 1.61. The average molecular weight is 236 g/mol. The number of nitrogens with one attached hydrogen (secondary N) is 2. The minimum atomic E-state index is -0.0711. The Kier molecular flexibility index (Phi) is 4.90. The molecule has 0 saturated heterocycles. The molecule has 0 aliphatic rings. The first kappa shape index (κ1) is 13.4. The summed E-state index contributed by atoms with van der Waals surface area (Å²) in [7, 11) is 5.74. The summed E-state index contributed by atoms with van der Waals surface area (Å²) in [6, 6.07) is 3.56. The summed E-state index contributed by atoms with van der Waals surface area (Å²) in [6.45, 7) is 2.80. The molecule has 0 saturated carbocycles. The van der Waals surface area contributed by atoms with E-state index in [0.29, 0.717) is 11.4 Å². The van der Waals surface area contributed by atoms with Crippen LogP contribution in [0.2, 0.25) is 0 Å². The van der Waals surface area contributed by atoms with Gasteiger partial charge >= 0.3 is 0 Å². The van der Waals surface area contributed by atoms with Crippen molar-refractivity contribution in [1.29, 1.82) is 0 Å². The molecule has 1 atom stereocenters. The van der Waals surface area contributed by atoms with Crippen LogP contribution in [0.4, 0.5) is 5.82 Å². The standard InChI is InChI=1S/C12H20N4O/c1-9(8-16(3)4)15-12(17)10-5-6-14-11(7-10)13-2/h5-7,9H,8H2,1-4H3,(H,13,14)(H,15,17). The molecular formula is C12H20N4O. The van der Waals surface area contributed by atoms with Crippen LogP contribution in [-0.2, 0) is 0 Å². The summed E-state index contributed by atoms with van der Waals surface area (Å²) in [5.41, 5.74) is 0.620. The van der Waals surface area contributed by atoms with Crippen LogP contribution >= 0.6 is 0 Å². The van der Waals surface area contributed by atoms with E-state index < -0.39 is 0 Å². The first-order chi connectivity index (χ1) is 8.02. The monoisotopic (exact) mass is 236 g/mol. The van der Waals surface area contributed by atoms with Gasteiger partial charge in [-0.05, 0) is 33.2 Å². The minimum Gasteiger partial charge on any atom is -0.373 e. The van der Waals surface area contributed by atoms with Gasteiger partial charge in [-0.3, -0.25) is 4.79 Å². The number of aromatic nitrogens is 1. The average Bonchev–Trinajstić information content (AvgIpc) is 2.27. The van der Waals surface area contributed by atoms with E-state index in [2.05, 4.69) is 15.6 Å². The zero-order valence-corrected chi connectivity index (χ0v) is 10.8. The highest BCUT2D eigenvalue weighted by Gasteiger charge is 2.10. The van der Waals surface area contributed by atoms with Crippen LogP contribution < -0.4 is 10.6 Å². The Labute approximate surface area is 102 Å². The van der Waals surface area contributed by atoms with Crippen molar-refractivity contribution in [2.24, 2.45) is 0 Å². The van der Waals surface area contributed by atoms with Gasteiger partial charge in [-0.2, -0.15) is 0 Å². The van der Waals surface area contributed by atoms with Gasteiger partial charge in [0.05, 0.1) is 0 Å². The molecule has 17 heavy (non-hydrogen) atoms. The molecule has 5 nitrogen and oxygen atoms in total. The van der Waals surface area contributed by atoms with Crippen molar-refractivity contribution >= 4 is 11.7 Å². The van der Waals surface area contributed by atoms with Gasteiger partial charge in [-0.1, -0.05) is 0 Å². The third-order valence-corrected chi connectivity index (χ3v) is 2.29. The predicted molar refractivity (Wildman–Crippen MR) is 69.3 cm³/mol. The summed E-state index contributed by atoms with van der Waals surface area (Å²) in [5, 5.41) is 5.85. The smallest absolute Gasteiger partial charge is 0.251 e. The second-order valence-electron chi connectivity index (χ2n) is 4.32. The minimum absolute atomic E-state index is 0.0711. The highest BCUT2D eigenvalue weighted by atomic mass is 16.1. The van der Waals surface area contributed by atoms with E-state index in [-0.39, 0.29) is 11.9 Å². The molecule has 0 bridgehead atoms. The first-order valence-electron chi connectivity index (χ1n) is 5.62. The van der Waals surface area contributed by atoms with Gasteiger partial charge in [0.2, 0.25) is 0 Å². The number of hydrogen-bond donors (Lipinski definition) is 2. The SMILES string of the molecule is CNc1cc(C(=O)NC(C)CN(C)C)ccn1. The molecular weight excluding hydrogens is 216 g/mol. The number of carbonyl (C=O) groups is 1. The van der Waals surface area contributed by atoms with E-state index >= 15 is 0 Å². The molecule has 5 heteroatoms. The largest absolute Gasteiger partial charge is 0.373 e. The molecule has 0 spiro atoms. The van der Waals surface area contributed by atoms with Gasteiger partial charge in [0, 0.05) is 31.4 Å². The van der Waals surface area contributed by atoms with Gasteiger partial charge in [-0.15, -0.1) is 0 Å². The molecule has 1 aromatic rings. The maximum absolute atomic E-state index is 11.9. The zero-order valence-electron chi connectivity index (χ0n) is 10.8. The van der Waals surface area contributed by atoms with Crippen LogP contribution in [0.25, 0.3) is 0 Å². The number of amides is 1. The normalized spacial score (nSPS) is 12.3. The third kappa shape index (κ3) is 4.40. The summed E-state index contributed by atoms with van der Waals surface area (Å²) < 4.78 is 0. The number of pyridine rings is 1. The molecule has 94 valence electrons. The quantitative estimate of drug-likeness (QED) is 0.794. The number of nitrogens with zero attached hydrogens (tertiary/aromatic N) is 2. The summed E-state index contributed by atoms with van der Waals surface area (Å²) >= 11 is 0. The molecule has 1 unspecified atom stereocenters. The van der Waals surface area contributed by atoms with Crippen molar-refractivity contribution in [2.45, 2.75) is 13.0 Å². The molecule has 0 radical (unpaired) electrons. The molecule has 1 aromatic heterocycles. The molecule has 1 rings (SSSR count). The first-order valence-corrected chi connectivity index (χ1v) is 5.62. The van der Waals surface area contributed by atoms with Gasteiger partial charge in [0.15, 0.2) is 0 Å². The van der Waals surface area contributed by atoms with E-state index in [1.54, 1.807) is 25.4 Å². The zero-order chi connectivity index (χ0) is 12.8. The van der Waals surface area contributed by atoms with Crippen molar-refractivity contribution in [3.63, 3.8) is 0 Å². The Hall–Kier alpha value is -1.62. The summed E-state index contributed by atoms with van der Waals surface area (Å²) in [6.07, 6.45) is 1.62. The Morgan fingerprint density at radius 1 is 1.53 bits per heavy atom. The van der Waals surface area contributed by atoms with Crippen molar-refractivity contribution in [2.75, 3.05) is 33.0 Å². The highest BCUT2D eigenvalue weighted by Crippen LogP contribution is 2.06. The van der Waals surface area contributed by atoms with Crippen LogP contribution in [-0.4, -0.2) is 49.5 Å². The molecule has 0 aliphatic heterocycles. The second kappa shape index (κ2) is 6.20. The molecule has 1 amide bonds. The molecule has 2 N–H and O–H groups in total. The van der Waals surface area contributed by atoms with Crippen LogP contribution in [0.15, 0.2) is 18.3 Å². The van der Waals surface area contributed by atoms with Crippen LogP contribution in [0.5, 0.6) is 0 Å². The third-order valence-electron chi connectivity index (χ3n) is 2.29. The lowest BCUT2D eigenvalue weighted by molar-refractivity contribution is 0.0934. The van der Waals surface area contributed by atoms with Crippen LogP contribution in [0.1, 0.15) is 17.3 Å². The Bertz CT molecular complexity index is 379. The number of anilines is 1. The van der Waals surface area contributed by atoms with Crippen LogP contribution in [0, 0.1) is 0 Å². The van der Waals surface area contributed by atoms with Gasteiger partial charge in [0.25, 0.3) is 5.91 Å². The maximum Gasteiger partial charge on any atom is 0.251 e. The molecule has 0 fully saturated rings.